The number of hydrogen-bond acceptors (Lipinski definition) is 3. The smallest absolute Gasteiger partial charge is 0.254 e. The molecular weight excluding hydrogens is 302 g/mol. The molecule has 0 atom stereocenters. The van der Waals surface area contributed by atoms with Crippen molar-refractivity contribution in [1.82, 2.24) is 15.1 Å². The molecule has 5 heteroatoms. The number of nitrogens with one attached hydrogen (secondary N) is 1. The Balaban J connectivity index is 1.76. The van der Waals surface area contributed by atoms with E-state index in [9.17, 15) is 4.79 Å². The van der Waals surface area contributed by atoms with Gasteiger partial charge in [0.25, 0.3) is 5.91 Å². The van der Waals surface area contributed by atoms with Crippen molar-refractivity contribution >= 4 is 16.8 Å². The predicted molar refractivity (Wildman–Crippen MR) is 94.1 cm³/mol. The molecule has 1 N–H and O–H groups in total. The first-order chi connectivity index (χ1) is 11.7. The van der Waals surface area contributed by atoms with Crippen LogP contribution in [0.5, 0.6) is 5.75 Å². The van der Waals surface area contributed by atoms with E-state index in [2.05, 4.69) is 17.1 Å². The van der Waals surface area contributed by atoms with Gasteiger partial charge in [-0.1, -0.05) is 31.2 Å². The molecule has 0 aliphatic heterocycles. The molecule has 3 rings (SSSR count). The van der Waals surface area contributed by atoms with E-state index in [0.717, 1.165) is 28.6 Å². The van der Waals surface area contributed by atoms with Gasteiger partial charge in [-0.15, -0.1) is 0 Å². The summed E-state index contributed by atoms with van der Waals surface area (Å²) >= 11 is 0. The average molecular weight is 323 g/mol. The quantitative estimate of drug-likeness (QED) is 0.753. The van der Waals surface area contributed by atoms with E-state index < -0.39 is 0 Å². The maximum Gasteiger partial charge on any atom is 0.254 e. The molecule has 0 saturated heterocycles. The fourth-order valence-corrected chi connectivity index (χ4v) is 2.65. The Bertz CT molecular complexity index is 841. The van der Waals surface area contributed by atoms with Crippen LogP contribution in [-0.4, -0.2) is 34.7 Å². The number of benzene rings is 2. The summed E-state index contributed by atoms with van der Waals surface area (Å²) in [5.74, 6) is 0.695. The van der Waals surface area contributed by atoms with Crippen LogP contribution in [0.25, 0.3) is 10.9 Å². The number of fused-ring (bicyclic) bond motifs is 1. The summed E-state index contributed by atoms with van der Waals surface area (Å²) in [5.41, 5.74) is 2.64. The zero-order chi connectivity index (χ0) is 16.9. The molecule has 2 aromatic carbocycles. The highest BCUT2D eigenvalue weighted by atomic mass is 16.5. The lowest BCUT2D eigenvalue weighted by Crippen LogP contribution is -2.26. The lowest BCUT2D eigenvalue weighted by atomic mass is 10.1. The fourth-order valence-electron chi connectivity index (χ4n) is 2.65. The molecule has 0 unspecified atom stereocenters. The van der Waals surface area contributed by atoms with E-state index in [1.165, 1.54) is 0 Å². The van der Waals surface area contributed by atoms with Gasteiger partial charge in [0.15, 0.2) is 0 Å². The van der Waals surface area contributed by atoms with E-state index in [-0.39, 0.29) is 5.91 Å². The Morgan fingerprint density at radius 3 is 2.92 bits per heavy atom. The highest BCUT2D eigenvalue weighted by Gasteiger charge is 2.14. The van der Waals surface area contributed by atoms with Crippen molar-refractivity contribution in [2.75, 3.05) is 13.7 Å². The molecule has 0 spiro atoms. The van der Waals surface area contributed by atoms with Crippen molar-refractivity contribution in [2.45, 2.75) is 19.9 Å². The van der Waals surface area contributed by atoms with Crippen molar-refractivity contribution < 1.29 is 9.53 Å². The minimum absolute atomic E-state index is 0.0338. The third kappa shape index (κ3) is 3.40. The van der Waals surface area contributed by atoms with Crippen LogP contribution in [0.15, 0.2) is 48.7 Å². The zero-order valence-corrected chi connectivity index (χ0v) is 14.0. The molecule has 124 valence electrons. The Morgan fingerprint density at radius 1 is 1.25 bits per heavy atom. The standard InChI is InChI=1S/C19H21N3O2/c1-3-10-24-17-9-5-6-14(11-17)19(23)22(2)13-16-8-4-7-15-12-20-21-18(15)16/h4-9,11-12H,3,10,13H2,1-2H3,(H,20,21). The number of para-hydroxylation sites is 1. The van der Waals surface area contributed by atoms with Crippen LogP contribution < -0.4 is 4.74 Å². The van der Waals surface area contributed by atoms with Gasteiger partial charge in [-0.05, 0) is 30.2 Å². The van der Waals surface area contributed by atoms with Crippen LogP contribution in [0.3, 0.4) is 0 Å². The molecule has 1 aromatic heterocycles. The summed E-state index contributed by atoms with van der Waals surface area (Å²) in [6, 6.07) is 13.3. The fraction of sp³-hybridized carbons (Fsp3) is 0.263. The third-order valence-corrected chi connectivity index (χ3v) is 3.87. The minimum atomic E-state index is -0.0338. The summed E-state index contributed by atoms with van der Waals surface area (Å²) in [4.78, 5) is 14.4. The number of amides is 1. The van der Waals surface area contributed by atoms with Crippen LogP contribution in [0, 0.1) is 0 Å². The predicted octanol–water partition coefficient (Wildman–Crippen LogP) is 3.62. The summed E-state index contributed by atoms with van der Waals surface area (Å²) in [7, 11) is 1.80. The van der Waals surface area contributed by atoms with Crippen molar-refractivity contribution in [3.8, 4) is 5.75 Å². The number of carbonyl (C=O) groups excluding carboxylic acids is 1. The van der Waals surface area contributed by atoms with Crippen molar-refractivity contribution in [3.05, 3.63) is 59.8 Å². The molecule has 0 saturated carbocycles. The topological polar surface area (TPSA) is 58.2 Å². The van der Waals surface area contributed by atoms with Crippen molar-refractivity contribution in [1.29, 1.82) is 0 Å². The first-order valence-corrected chi connectivity index (χ1v) is 8.08. The highest BCUT2D eigenvalue weighted by molar-refractivity contribution is 5.94. The summed E-state index contributed by atoms with van der Waals surface area (Å²) < 4.78 is 5.61. The van der Waals surface area contributed by atoms with Gasteiger partial charge in [-0.25, -0.2) is 0 Å². The highest BCUT2D eigenvalue weighted by Crippen LogP contribution is 2.19. The van der Waals surface area contributed by atoms with Crippen molar-refractivity contribution in [3.63, 3.8) is 0 Å². The number of rotatable bonds is 6. The van der Waals surface area contributed by atoms with E-state index in [1.54, 1.807) is 24.2 Å². The second-order valence-electron chi connectivity index (χ2n) is 5.79. The van der Waals surface area contributed by atoms with E-state index in [0.29, 0.717) is 18.7 Å². The third-order valence-electron chi connectivity index (χ3n) is 3.87. The van der Waals surface area contributed by atoms with E-state index in [4.69, 9.17) is 4.74 Å². The van der Waals surface area contributed by atoms with Gasteiger partial charge >= 0.3 is 0 Å². The Labute approximate surface area is 141 Å². The Hall–Kier alpha value is -2.82. The molecule has 1 amide bonds. The number of aromatic nitrogens is 2. The van der Waals surface area contributed by atoms with Gasteiger partial charge in [0.05, 0.1) is 18.3 Å². The second kappa shape index (κ2) is 7.17. The largest absolute Gasteiger partial charge is 0.494 e. The van der Waals surface area contributed by atoms with E-state index in [1.807, 2.05) is 36.4 Å². The average Bonchev–Trinajstić information content (AvgIpc) is 3.09. The SMILES string of the molecule is CCCOc1cccc(C(=O)N(C)Cc2cccc3cn[nH]c23)c1. The molecule has 0 fully saturated rings. The minimum Gasteiger partial charge on any atom is -0.494 e. The number of H-pyrrole nitrogens is 1. The molecule has 24 heavy (non-hydrogen) atoms. The van der Waals surface area contributed by atoms with Crippen LogP contribution in [0.1, 0.15) is 29.3 Å². The monoisotopic (exact) mass is 323 g/mol. The summed E-state index contributed by atoms with van der Waals surface area (Å²) in [6.45, 7) is 3.21. The molecule has 0 aliphatic carbocycles. The van der Waals surface area contributed by atoms with Crippen LogP contribution in [0.4, 0.5) is 0 Å². The normalized spacial score (nSPS) is 10.8. The molecule has 5 nitrogen and oxygen atoms in total. The molecule has 3 aromatic rings. The van der Waals surface area contributed by atoms with Crippen molar-refractivity contribution in [2.24, 2.45) is 0 Å². The summed E-state index contributed by atoms with van der Waals surface area (Å²) in [6.07, 6.45) is 2.72. The van der Waals surface area contributed by atoms with Gasteiger partial charge in [0.2, 0.25) is 0 Å². The lowest BCUT2D eigenvalue weighted by Gasteiger charge is -2.18. The maximum absolute atomic E-state index is 12.7. The van der Waals surface area contributed by atoms with Gasteiger partial charge < -0.3 is 9.64 Å². The maximum atomic E-state index is 12.7. The van der Waals surface area contributed by atoms with Gasteiger partial charge in [0, 0.05) is 24.5 Å². The zero-order valence-electron chi connectivity index (χ0n) is 14.0. The number of carbonyl (C=O) groups is 1. The molecular formula is C19H21N3O2. The molecule has 0 radical (unpaired) electrons. The Kier molecular flexibility index (Phi) is 4.79. The first-order valence-electron chi connectivity index (χ1n) is 8.08. The number of aromatic amines is 1. The summed E-state index contributed by atoms with van der Waals surface area (Å²) in [5, 5.41) is 8.11. The van der Waals surface area contributed by atoms with E-state index >= 15 is 0 Å². The number of nitrogens with zero attached hydrogens (tertiary/aromatic N) is 2. The van der Waals surface area contributed by atoms with Gasteiger partial charge in [-0.3, -0.25) is 9.89 Å². The molecule has 0 aliphatic rings. The number of hydrogen-bond donors (Lipinski definition) is 1. The Morgan fingerprint density at radius 2 is 2.08 bits per heavy atom. The lowest BCUT2D eigenvalue weighted by molar-refractivity contribution is 0.0785. The van der Waals surface area contributed by atoms with Crippen LogP contribution in [-0.2, 0) is 6.54 Å². The first kappa shape index (κ1) is 16.1. The van der Waals surface area contributed by atoms with Crippen LogP contribution in [0.2, 0.25) is 0 Å². The molecule has 0 bridgehead atoms. The van der Waals surface area contributed by atoms with Crippen LogP contribution >= 0.6 is 0 Å². The van der Waals surface area contributed by atoms with Gasteiger partial charge in [-0.2, -0.15) is 5.10 Å². The second-order valence-corrected chi connectivity index (χ2v) is 5.79. The number of ether oxygens (including phenoxy) is 1. The van der Waals surface area contributed by atoms with Gasteiger partial charge in [0.1, 0.15) is 5.75 Å². The molecule has 1 heterocycles.